The molecule has 10 heteroatoms. The van der Waals surface area contributed by atoms with Gasteiger partial charge in [0.05, 0.1) is 11.8 Å². The van der Waals surface area contributed by atoms with Crippen molar-refractivity contribution in [3.63, 3.8) is 0 Å². The van der Waals surface area contributed by atoms with Gasteiger partial charge in [0.15, 0.2) is 11.5 Å². The molecule has 2 aromatic rings. The van der Waals surface area contributed by atoms with Gasteiger partial charge < -0.3 is 24.8 Å². The highest BCUT2D eigenvalue weighted by Crippen LogP contribution is 2.35. The summed E-state index contributed by atoms with van der Waals surface area (Å²) >= 11 is 1.74. The number of nitrogens with zero attached hydrogens (tertiary/aromatic N) is 2. The van der Waals surface area contributed by atoms with Crippen molar-refractivity contribution in [1.29, 1.82) is 0 Å². The van der Waals surface area contributed by atoms with Gasteiger partial charge in [-0.2, -0.15) is 16.9 Å². The van der Waals surface area contributed by atoms with E-state index in [9.17, 15) is 9.59 Å². The lowest BCUT2D eigenvalue weighted by molar-refractivity contribution is -0.122. The smallest absolute Gasteiger partial charge is 0.249 e. The average molecular weight is 457 g/mol. The lowest BCUT2D eigenvalue weighted by atomic mass is 10.2. The number of carbonyl (C=O) groups excluding carboxylic acids is 2. The fraction of sp³-hybridized carbons (Fsp3) is 0.409. The Labute approximate surface area is 189 Å². The molecule has 2 N–H and O–H groups in total. The van der Waals surface area contributed by atoms with Gasteiger partial charge in [0.1, 0.15) is 12.4 Å². The molecule has 1 aromatic carbocycles. The molecule has 1 unspecified atom stereocenters. The normalized spacial score (nSPS) is 18.8. The molecule has 4 heterocycles. The third-order valence-corrected chi connectivity index (χ3v) is 6.50. The fourth-order valence-electron chi connectivity index (χ4n) is 3.89. The highest BCUT2D eigenvalue weighted by Gasteiger charge is 2.25. The molecule has 1 atom stereocenters. The average Bonchev–Trinajstić information content (AvgIpc) is 3.57. The van der Waals surface area contributed by atoms with Gasteiger partial charge in [0, 0.05) is 36.3 Å². The van der Waals surface area contributed by atoms with Crippen molar-refractivity contribution in [2.75, 3.05) is 25.3 Å². The van der Waals surface area contributed by atoms with Gasteiger partial charge in [-0.05, 0) is 36.6 Å². The van der Waals surface area contributed by atoms with Gasteiger partial charge in [-0.1, -0.05) is 6.07 Å². The van der Waals surface area contributed by atoms with Crippen molar-refractivity contribution >= 4 is 35.5 Å². The minimum atomic E-state index is -0.289. The van der Waals surface area contributed by atoms with Crippen LogP contribution in [0.4, 0.5) is 5.82 Å². The Morgan fingerprint density at radius 3 is 3.03 bits per heavy atom. The van der Waals surface area contributed by atoms with Gasteiger partial charge in [-0.25, -0.2) is 4.68 Å². The molecule has 32 heavy (non-hydrogen) atoms. The summed E-state index contributed by atoms with van der Waals surface area (Å²) in [5.41, 5.74) is 2.72. The SMILES string of the molecule is O=C(/C=C/c1ccc2c(c1)OCO2)Nc1c2c(nn1CC(=O)NCC1CCCO1)CSC2. The molecule has 2 amide bonds. The van der Waals surface area contributed by atoms with Crippen LogP contribution in [0, 0.1) is 0 Å². The summed E-state index contributed by atoms with van der Waals surface area (Å²) in [5.74, 6) is 3.03. The van der Waals surface area contributed by atoms with E-state index in [4.69, 9.17) is 14.2 Å². The quantitative estimate of drug-likeness (QED) is 0.616. The number of carbonyl (C=O) groups is 2. The van der Waals surface area contributed by atoms with Crippen molar-refractivity contribution in [2.45, 2.75) is 37.0 Å². The van der Waals surface area contributed by atoms with Crippen molar-refractivity contribution in [1.82, 2.24) is 15.1 Å². The molecule has 5 rings (SSSR count). The number of thioether (sulfide) groups is 1. The predicted molar refractivity (Wildman–Crippen MR) is 119 cm³/mol. The van der Waals surface area contributed by atoms with Crippen LogP contribution in [0.1, 0.15) is 29.7 Å². The number of hydrogen-bond donors (Lipinski definition) is 2. The minimum Gasteiger partial charge on any atom is -0.454 e. The summed E-state index contributed by atoms with van der Waals surface area (Å²) in [5, 5.41) is 10.4. The van der Waals surface area contributed by atoms with E-state index in [0.717, 1.165) is 47.8 Å². The summed E-state index contributed by atoms with van der Waals surface area (Å²) in [7, 11) is 0. The number of amides is 2. The van der Waals surface area contributed by atoms with Crippen LogP contribution in [0.3, 0.4) is 0 Å². The molecule has 1 saturated heterocycles. The molecular weight excluding hydrogens is 432 g/mol. The van der Waals surface area contributed by atoms with E-state index < -0.39 is 0 Å². The largest absolute Gasteiger partial charge is 0.454 e. The summed E-state index contributed by atoms with van der Waals surface area (Å²) < 4.78 is 17.8. The second kappa shape index (κ2) is 9.25. The molecule has 1 aromatic heterocycles. The molecule has 0 aliphatic carbocycles. The van der Waals surface area contributed by atoms with Crippen LogP contribution in [0.2, 0.25) is 0 Å². The first-order chi connectivity index (χ1) is 15.7. The van der Waals surface area contributed by atoms with Gasteiger partial charge >= 0.3 is 0 Å². The lowest BCUT2D eigenvalue weighted by Crippen LogP contribution is -2.34. The maximum absolute atomic E-state index is 12.6. The number of ether oxygens (including phenoxy) is 3. The number of nitrogens with one attached hydrogen (secondary N) is 2. The molecule has 3 aliphatic heterocycles. The van der Waals surface area contributed by atoms with Crippen molar-refractivity contribution < 1.29 is 23.8 Å². The van der Waals surface area contributed by atoms with Gasteiger partial charge in [0.25, 0.3) is 0 Å². The number of aromatic nitrogens is 2. The summed E-state index contributed by atoms with van der Waals surface area (Å²) in [6, 6.07) is 5.49. The zero-order valence-corrected chi connectivity index (χ0v) is 18.3. The monoisotopic (exact) mass is 456 g/mol. The third kappa shape index (κ3) is 4.61. The Morgan fingerprint density at radius 2 is 2.16 bits per heavy atom. The molecule has 0 saturated carbocycles. The van der Waals surface area contributed by atoms with Crippen LogP contribution in [0.25, 0.3) is 6.08 Å². The maximum atomic E-state index is 12.6. The van der Waals surface area contributed by atoms with Crippen LogP contribution >= 0.6 is 11.8 Å². The van der Waals surface area contributed by atoms with Crippen molar-refractivity contribution in [3.05, 3.63) is 41.1 Å². The summed E-state index contributed by atoms with van der Waals surface area (Å²) in [6.07, 6.45) is 5.24. The molecule has 1 fully saturated rings. The van der Waals surface area contributed by atoms with Gasteiger partial charge in [-0.3, -0.25) is 9.59 Å². The first kappa shape index (κ1) is 20.9. The van der Waals surface area contributed by atoms with Crippen LogP contribution < -0.4 is 20.1 Å². The van der Waals surface area contributed by atoms with E-state index in [0.29, 0.717) is 23.9 Å². The van der Waals surface area contributed by atoms with Crippen molar-refractivity contribution in [3.8, 4) is 11.5 Å². The third-order valence-electron chi connectivity index (χ3n) is 5.53. The van der Waals surface area contributed by atoms with E-state index in [2.05, 4.69) is 15.7 Å². The lowest BCUT2D eigenvalue weighted by Gasteiger charge is -2.12. The molecular formula is C22H24N4O5S. The van der Waals surface area contributed by atoms with Crippen LogP contribution in [0.5, 0.6) is 11.5 Å². The Bertz CT molecular complexity index is 1060. The van der Waals surface area contributed by atoms with Gasteiger partial charge in [-0.15, -0.1) is 0 Å². The highest BCUT2D eigenvalue weighted by molar-refractivity contribution is 7.98. The number of benzene rings is 1. The first-order valence-electron chi connectivity index (χ1n) is 10.6. The zero-order chi connectivity index (χ0) is 21.9. The van der Waals surface area contributed by atoms with Crippen LogP contribution in [0.15, 0.2) is 24.3 Å². The van der Waals surface area contributed by atoms with Crippen LogP contribution in [-0.4, -0.2) is 47.6 Å². The second-order valence-corrected chi connectivity index (χ2v) is 8.78. The summed E-state index contributed by atoms with van der Waals surface area (Å²) in [4.78, 5) is 25.1. The summed E-state index contributed by atoms with van der Waals surface area (Å²) in [6.45, 7) is 1.50. The molecule has 0 spiro atoms. The fourth-order valence-corrected chi connectivity index (χ4v) is 4.93. The second-order valence-electron chi connectivity index (χ2n) is 7.80. The van der Waals surface area contributed by atoms with Crippen LogP contribution in [-0.2, 0) is 32.4 Å². The number of rotatable bonds is 7. The van der Waals surface area contributed by atoms with E-state index in [1.807, 2.05) is 18.2 Å². The molecule has 0 radical (unpaired) electrons. The molecule has 9 nitrogen and oxygen atoms in total. The van der Waals surface area contributed by atoms with E-state index in [1.54, 1.807) is 22.5 Å². The number of hydrogen-bond acceptors (Lipinski definition) is 7. The van der Waals surface area contributed by atoms with E-state index in [-0.39, 0.29) is 31.3 Å². The van der Waals surface area contributed by atoms with E-state index >= 15 is 0 Å². The van der Waals surface area contributed by atoms with E-state index in [1.165, 1.54) is 6.08 Å². The number of fused-ring (bicyclic) bond motifs is 2. The maximum Gasteiger partial charge on any atom is 0.249 e. The zero-order valence-electron chi connectivity index (χ0n) is 17.5. The number of anilines is 1. The highest BCUT2D eigenvalue weighted by atomic mass is 32.2. The predicted octanol–water partition coefficient (Wildman–Crippen LogP) is 2.31. The molecule has 168 valence electrons. The first-order valence-corrected chi connectivity index (χ1v) is 11.7. The Kier molecular flexibility index (Phi) is 6.04. The molecule has 3 aliphatic rings. The Hall–Kier alpha value is -2.98. The standard InChI is InChI=1S/C22H24N4O5S/c27-20(6-4-14-3-5-18-19(8-14)31-13-30-18)24-22-16-11-32-12-17(16)25-26(22)10-21(28)23-9-15-2-1-7-29-15/h3-6,8,15H,1-2,7,9-13H2,(H,23,28)(H,24,27)/b6-4+. The topological polar surface area (TPSA) is 104 Å². The Balaban J connectivity index is 1.24. The van der Waals surface area contributed by atoms with Gasteiger partial charge in [0.2, 0.25) is 18.6 Å². The Morgan fingerprint density at radius 1 is 1.25 bits per heavy atom. The molecule has 0 bridgehead atoms. The minimum absolute atomic E-state index is 0.0475. The van der Waals surface area contributed by atoms with Crippen molar-refractivity contribution in [2.24, 2.45) is 0 Å².